The second-order valence-corrected chi connectivity index (χ2v) is 9.45. The third-order valence-corrected chi connectivity index (χ3v) is 5.49. The lowest BCUT2D eigenvalue weighted by molar-refractivity contribution is 0.0839. The van der Waals surface area contributed by atoms with E-state index in [1.807, 2.05) is 51.1 Å². The molecular formula is C23H34N4O2. The maximum Gasteiger partial charge on any atom is 0.272 e. The van der Waals surface area contributed by atoms with E-state index in [-0.39, 0.29) is 24.0 Å². The first kappa shape index (κ1) is 21.5. The fraction of sp³-hybridized carbons (Fsp3) is 0.565. The van der Waals surface area contributed by atoms with Crippen molar-refractivity contribution >= 4 is 5.91 Å². The van der Waals surface area contributed by atoms with Crippen molar-refractivity contribution in [1.82, 2.24) is 19.8 Å². The van der Waals surface area contributed by atoms with Gasteiger partial charge in [-0.1, -0.05) is 65.0 Å². The number of carbonyl (C=O) groups is 1. The van der Waals surface area contributed by atoms with E-state index in [4.69, 9.17) is 4.98 Å². The van der Waals surface area contributed by atoms with Gasteiger partial charge in [-0.15, -0.1) is 0 Å². The van der Waals surface area contributed by atoms with Crippen molar-refractivity contribution < 1.29 is 9.90 Å². The molecule has 158 valence electrons. The third-order valence-electron chi connectivity index (χ3n) is 5.49. The molecule has 0 aliphatic carbocycles. The van der Waals surface area contributed by atoms with Gasteiger partial charge in [0, 0.05) is 31.7 Å². The normalized spacial score (nSPS) is 16.0. The van der Waals surface area contributed by atoms with Crippen LogP contribution in [0.15, 0.2) is 30.3 Å². The van der Waals surface area contributed by atoms with Gasteiger partial charge < -0.3 is 15.0 Å². The number of hydrogen-bond acceptors (Lipinski definition) is 4. The molecule has 0 bridgehead atoms. The summed E-state index contributed by atoms with van der Waals surface area (Å²) in [6.45, 7) is 13.8. The highest BCUT2D eigenvalue weighted by Crippen LogP contribution is 2.27. The Labute approximate surface area is 173 Å². The molecule has 3 rings (SSSR count). The van der Waals surface area contributed by atoms with Crippen LogP contribution in [-0.2, 0) is 13.1 Å². The largest absolute Gasteiger partial charge is 0.394 e. The molecule has 0 spiro atoms. The Morgan fingerprint density at radius 3 is 2.48 bits per heavy atom. The Kier molecular flexibility index (Phi) is 6.44. The SMILES string of the molecule is CC(C)CN1CCn2c(-c3ccccc3)nc(C(=O)N[C@@H](CO)C(C)(C)C)c2C1. The van der Waals surface area contributed by atoms with Gasteiger partial charge in [-0.2, -0.15) is 0 Å². The molecule has 0 fully saturated rings. The van der Waals surface area contributed by atoms with Gasteiger partial charge in [0.1, 0.15) is 5.82 Å². The van der Waals surface area contributed by atoms with Crippen molar-refractivity contribution in [3.05, 3.63) is 41.7 Å². The van der Waals surface area contributed by atoms with E-state index in [0.717, 1.165) is 36.7 Å². The molecule has 2 N–H and O–H groups in total. The highest BCUT2D eigenvalue weighted by Gasteiger charge is 2.31. The standard InChI is InChI=1S/C23H34N4O2/c1-16(2)13-26-11-12-27-18(14-26)20(22(29)24-19(15-28)23(3,4)5)25-21(27)17-9-7-6-8-10-17/h6-10,16,19,28H,11-15H2,1-5H3,(H,24,29)/t19-/m0/s1. The molecule has 6 heteroatoms. The van der Waals surface area contributed by atoms with E-state index >= 15 is 0 Å². The zero-order chi connectivity index (χ0) is 21.2. The number of aromatic nitrogens is 2. The molecule has 0 radical (unpaired) electrons. The van der Waals surface area contributed by atoms with Gasteiger partial charge in [-0.3, -0.25) is 9.69 Å². The molecule has 1 amide bonds. The number of hydrogen-bond donors (Lipinski definition) is 2. The maximum atomic E-state index is 13.2. The predicted octanol–water partition coefficient (Wildman–Crippen LogP) is 3.16. The minimum atomic E-state index is -0.331. The first-order valence-electron chi connectivity index (χ1n) is 10.5. The van der Waals surface area contributed by atoms with E-state index in [9.17, 15) is 9.90 Å². The van der Waals surface area contributed by atoms with Crippen LogP contribution in [0.3, 0.4) is 0 Å². The summed E-state index contributed by atoms with van der Waals surface area (Å²) in [5, 5.41) is 12.8. The Morgan fingerprint density at radius 2 is 1.90 bits per heavy atom. The quantitative estimate of drug-likeness (QED) is 0.784. The Hall–Kier alpha value is -2.18. The molecule has 0 saturated heterocycles. The molecule has 1 aromatic carbocycles. The number of imidazole rings is 1. The van der Waals surface area contributed by atoms with Crippen molar-refractivity contribution in [2.24, 2.45) is 11.3 Å². The molecule has 1 aromatic heterocycles. The van der Waals surface area contributed by atoms with Crippen molar-refractivity contribution in [3.63, 3.8) is 0 Å². The predicted molar refractivity (Wildman–Crippen MR) is 116 cm³/mol. The molecule has 1 atom stereocenters. The number of rotatable bonds is 6. The summed E-state index contributed by atoms with van der Waals surface area (Å²) in [4.78, 5) is 20.4. The van der Waals surface area contributed by atoms with E-state index in [0.29, 0.717) is 18.2 Å². The fourth-order valence-corrected chi connectivity index (χ4v) is 3.84. The van der Waals surface area contributed by atoms with E-state index in [1.165, 1.54) is 0 Å². The fourth-order valence-electron chi connectivity index (χ4n) is 3.84. The van der Waals surface area contributed by atoms with E-state index < -0.39 is 0 Å². The van der Waals surface area contributed by atoms with Crippen molar-refractivity contribution in [2.75, 3.05) is 19.7 Å². The number of fused-ring (bicyclic) bond motifs is 1. The van der Waals surface area contributed by atoms with Crippen LogP contribution in [0.5, 0.6) is 0 Å². The summed E-state index contributed by atoms with van der Waals surface area (Å²) in [5.41, 5.74) is 2.20. The third kappa shape index (κ3) is 4.87. The number of benzene rings is 1. The van der Waals surface area contributed by atoms with Crippen LogP contribution in [0.2, 0.25) is 0 Å². The number of carbonyl (C=O) groups excluding carboxylic acids is 1. The average molecular weight is 399 g/mol. The summed E-state index contributed by atoms with van der Waals surface area (Å²) < 4.78 is 2.19. The topological polar surface area (TPSA) is 70.4 Å². The molecule has 2 aromatic rings. The Balaban J connectivity index is 1.98. The van der Waals surface area contributed by atoms with Crippen LogP contribution >= 0.6 is 0 Å². The molecule has 29 heavy (non-hydrogen) atoms. The Bertz CT molecular complexity index is 837. The summed E-state index contributed by atoms with van der Waals surface area (Å²) in [5.74, 6) is 1.19. The van der Waals surface area contributed by atoms with Gasteiger partial charge >= 0.3 is 0 Å². The zero-order valence-electron chi connectivity index (χ0n) is 18.3. The van der Waals surface area contributed by atoms with E-state index in [1.54, 1.807) is 0 Å². The first-order valence-corrected chi connectivity index (χ1v) is 10.5. The van der Waals surface area contributed by atoms with Gasteiger partial charge in [-0.25, -0.2) is 4.98 Å². The van der Waals surface area contributed by atoms with Crippen LogP contribution in [0, 0.1) is 11.3 Å². The molecule has 0 unspecified atom stereocenters. The summed E-state index contributed by atoms with van der Waals surface area (Å²) in [7, 11) is 0. The monoisotopic (exact) mass is 398 g/mol. The van der Waals surface area contributed by atoms with Gasteiger partial charge in [0.25, 0.3) is 5.91 Å². The van der Waals surface area contributed by atoms with E-state index in [2.05, 4.69) is 28.6 Å². The molecule has 2 heterocycles. The lowest BCUT2D eigenvalue weighted by Crippen LogP contribution is -2.46. The van der Waals surface area contributed by atoms with Crippen LogP contribution in [0.1, 0.15) is 50.8 Å². The lowest BCUT2D eigenvalue weighted by atomic mass is 9.87. The number of nitrogens with zero attached hydrogens (tertiary/aromatic N) is 3. The van der Waals surface area contributed by atoms with Crippen molar-refractivity contribution in [3.8, 4) is 11.4 Å². The molecular weight excluding hydrogens is 364 g/mol. The molecule has 0 saturated carbocycles. The maximum absolute atomic E-state index is 13.2. The Morgan fingerprint density at radius 1 is 1.21 bits per heavy atom. The van der Waals surface area contributed by atoms with Crippen molar-refractivity contribution in [1.29, 1.82) is 0 Å². The number of nitrogens with one attached hydrogen (secondary N) is 1. The smallest absolute Gasteiger partial charge is 0.272 e. The number of aliphatic hydroxyl groups is 1. The first-order chi connectivity index (χ1) is 13.7. The molecule has 1 aliphatic rings. The van der Waals surface area contributed by atoms with Gasteiger partial charge in [0.05, 0.1) is 18.3 Å². The van der Waals surface area contributed by atoms with Crippen LogP contribution < -0.4 is 5.32 Å². The van der Waals surface area contributed by atoms with Gasteiger partial charge in [0.15, 0.2) is 5.69 Å². The average Bonchev–Trinajstić information content (AvgIpc) is 3.04. The lowest BCUT2D eigenvalue weighted by Gasteiger charge is -2.31. The van der Waals surface area contributed by atoms with Crippen LogP contribution in [-0.4, -0.2) is 51.2 Å². The summed E-state index contributed by atoms with van der Waals surface area (Å²) in [6, 6.07) is 9.70. The number of amides is 1. The highest BCUT2D eigenvalue weighted by atomic mass is 16.3. The number of aliphatic hydroxyl groups excluding tert-OH is 1. The minimum absolute atomic E-state index is 0.101. The highest BCUT2D eigenvalue weighted by molar-refractivity contribution is 5.94. The minimum Gasteiger partial charge on any atom is -0.394 e. The van der Waals surface area contributed by atoms with Crippen molar-refractivity contribution in [2.45, 2.75) is 53.8 Å². The second kappa shape index (κ2) is 8.67. The molecule has 6 nitrogen and oxygen atoms in total. The van der Waals surface area contributed by atoms with Crippen LogP contribution in [0.4, 0.5) is 0 Å². The second-order valence-electron chi connectivity index (χ2n) is 9.45. The van der Waals surface area contributed by atoms with Crippen LogP contribution in [0.25, 0.3) is 11.4 Å². The zero-order valence-corrected chi connectivity index (χ0v) is 18.3. The van der Waals surface area contributed by atoms with Gasteiger partial charge in [-0.05, 0) is 11.3 Å². The summed E-state index contributed by atoms with van der Waals surface area (Å²) >= 11 is 0. The summed E-state index contributed by atoms with van der Waals surface area (Å²) in [6.07, 6.45) is 0. The molecule has 1 aliphatic heterocycles. The van der Waals surface area contributed by atoms with Gasteiger partial charge in [0.2, 0.25) is 0 Å².